The molecule has 0 aliphatic carbocycles. The van der Waals surface area contributed by atoms with Crippen molar-refractivity contribution in [2.24, 2.45) is 0 Å². The largest absolute Gasteiger partial charge is 0.490 e. The van der Waals surface area contributed by atoms with E-state index in [1.807, 2.05) is 50.2 Å². The lowest BCUT2D eigenvalue weighted by atomic mass is 9.92. The lowest BCUT2D eigenvalue weighted by Crippen LogP contribution is -3.13. The van der Waals surface area contributed by atoms with Crippen LogP contribution in [0.25, 0.3) is 0 Å². The molecule has 2 atom stereocenters. The van der Waals surface area contributed by atoms with Crippen LogP contribution in [0.2, 0.25) is 0 Å². The number of nitrogens with one attached hydrogen (secondary N) is 2. The standard InChI is InChI=1S/C24H29N3O4/c1-4-30-20-13-17-11-12-26(15-18(17)14-21(20)31-5-2)16-27-22(28)24(3,25-23(27)29)19-9-7-6-8-10-19/h6-10,13-14H,4-5,11-12,15-16H2,1-3H3,(H,25,29)/p+1/t24-/m0/s1. The number of rotatable bonds is 7. The Kier molecular flexibility index (Phi) is 5.87. The minimum Gasteiger partial charge on any atom is -0.490 e. The highest BCUT2D eigenvalue weighted by Gasteiger charge is 2.50. The lowest BCUT2D eigenvalue weighted by molar-refractivity contribution is -0.923. The number of ether oxygens (including phenoxy) is 2. The second kappa shape index (κ2) is 8.59. The van der Waals surface area contributed by atoms with Crippen molar-refractivity contribution in [3.05, 3.63) is 59.2 Å². The van der Waals surface area contributed by atoms with Crippen LogP contribution in [0, 0.1) is 0 Å². The fourth-order valence-corrected chi connectivity index (χ4v) is 4.41. The molecule has 1 unspecified atom stereocenters. The van der Waals surface area contributed by atoms with E-state index in [9.17, 15) is 9.59 Å². The smallest absolute Gasteiger partial charge is 0.329 e. The molecule has 0 aromatic heterocycles. The summed E-state index contributed by atoms with van der Waals surface area (Å²) in [7, 11) is 0. The summed E-state index contributed by atoms with van der Waals surface area (Å²) in [4.78, 5) is 28.4. The summed E-state index contributed by atoms with van der Waals surface area (Å²) < 4.78 is 11.5. The number of fused-ring (bicyclic) bond motifs is 1. The van der Waals surface area contributed by atoms with Gasteiger partial charge in [-0.1, -0.05) is 30.3 Å². The van der Waals surface area contributed by atoms with Crippen LogP contribution in [0.1, 0.15) is 37.5 Å². The molecule has 2 aromatic carbocycles. The molecule has 7 heteroatoms. The van der Waals surface area contributed by atoms with Crippen molar-refractivity contribution in [3.63, 3.8) is 0 Å². The minimum absolute atomic E-state index is 0.205. The first-order chi connectivity index (χ1) is 15.0. The molecule has 1 fully saturated rings. The second-order valence-electron chi connectivity index (χ2n) is 8.17. The number of nitrogens with zero attached hydrogens (tertiary/aromatic N) is 1. The van der Waals surface area contributed by atoms with Gasteiger partial charge in [0, 0.05) is 12.0 Å². The Hall–Kier alpha value is -3.06. The van der Waals surface area contributed by atoms with Crippen molar-refractivity contribution >= 4 is 11.9 Å². The van der Waals surface area contributed by atoms with Gasteiger partial charge in [0.1, 0.15) is 12.1 Å². The lowest BCUT2D eigenvalue weighted by Gasteiger charge is -2.29. The topological polar surface area (TPSA) is 72.3 Å². The molecule has 2 heterocycles. The van der Waals surface area contributed by atoms with E-state index < -0.39 is 5.54 Å². The molecule has 4 rings (SSSR count). The highest BCUT2D eigenvalue weighted by Crippen LogP contribution is 2.32. The van der Waals surface area contributed by atoms with Gasteiger partial charge in [0.15, 0.2) is 18.2 Å². The fraction of sp³-hybridized carbons (Fsp3) is 0.417. The molecule has 2 N–H and O–H groups in total. The normalized spacial score (nSPS) is 22.8. The van der Waals surface area contributed by atoms with Gasteiger partial charge in [-0.05, 0) is 44.0 Å². The van der Waals surface area contributed by atoms with Crippen molar-refractivity contribution in [2.75, 3.05) is 26.4 Å². The molecule has 2 aromatic rings. The third kappa shape index (κ3) is 3.97. The molecule has 31 heavy (non-hydrogen) atoms. The van der Waals surface area contributed by atoms with Crippen LogP contribution in [0.5, 0.6) is 11.5 Å². The Morgan fingerprint density at radius 2 is 1.68 bits per heavy atom. The molecule has 1 saturated heterocycles. The van der Waals surface area contributed by atoms with Crippen molar-refractivity contribution in [3.8, 4) is 11.5 Å². The third-order valence-corrected chi connectivity index (χ3v) is 6.06. The van der Waals surface area contributed by atoms with Crippen LogP contribution < -0.4 is 19.7 Å². The number of amides is 3. The summed E-state index contributed by atoms with van der Waals surface area (Å²) in [5.74, 6) is 1.32. The van der Waals surface area contributed by atoms with E-state index in [0.717, 1.165) is 36.6 Å². The molecule has 7 nitrogen and oxygen atoms in total. The Balaban J connectivity index is 1.51. The van der Waals surface area contributed by atoms with E-state index in [0.29, 0.717) is 19.9 Å². The van der Waals surface area contributed by atoms with Crippen molar-refractivity contribution in [2.45, 2.75) is 39.3 Å². The Morgan fingerprint density at radius 3 is 2.32 bits per heavy atom. The van der Waals surface area contributed by atoms with Gasteiger partial charge in [0.05, 0.1) is 19.8 Å². The molecule has 2 aliphatic heterocycles. The van der Waals surface area contributed by atoms with Crippen LogP contribution in [-0.4, -0.2) is 43.3 Å². The molecule has 164 valence electrons. The summed E-state index contributed by atoms with van der Waals surface area (Å²) >= 11 is 0. The van der Waals surface area contributed by atoms with Gasteiger partial charge in [-0.2, -0.15) is 0 Å². The monoisotopic (exact) mass is 424 g/mol. The first-order valence-corrected chi connectivity index (χ1v) is 10.9. The summed E-state index contributed by atoms with van der Waals surface area (Å²) in [6.07, 6.45) is 0.858. The molecule has 0 radical (unpaired) electrons. The zero-order chi connectivity index (χ0) is 22.0. The number of carbonyl (C=O) groups is 2. The zero-order valence-electron chi connectivity index (χ0n) is 18.4. The van der Waals surface area contributed by atoms with E-state index in [4.69, 9.17) is 9.47 Å². The SMILES string of the molecule is CCOc1cc2c(cc1OCC)C[NH+](CN1C(=O)N[C@@](C)(c3ccccc3)C1=O)CC2. The van der Waals surface area contributed by atoms with Crippen molar-refractivity contribution < 1.29 is 24.0 Å². The maximum atomic E-state index is 13.2. The predicted molar refractivity (Wildman–Crippen MR) is 116 cm³/mol. The van der Waals surface area contributed by atoms with Crippen LogP contribution in [-0.2, 0) is 23.3 Å². The number of carbonyl (C=O) groups excluding carboxylic acids is 2. The van der Waals surface area contributed by atoms with Crippen LogP contribution in [0.4, 0.5) is 4.79 Å². The Morgan fingerprint density at radius 1 is 1.03 bits per heavy atom. The summed E-state index contributed by atoms with van der Waals surface area (Å²) in [5, 5.41) is 2.89. The third-order valence-electron chi connectivity index (χ3n) is 6.06. The van der Waals surface area contributed by atoms with E-state index in [1.165, 1.54) is 20.9 Å². The van der Waals surface area contributed by atoms with Gasteiger partial charge in [-0.25, -0.2) is 9.69 Å². The highest BCUT2D eigenvalue weighted by atomic mass is 16.5. The number of hydrogen-bond donors (Lipinski definition) is 2. The Bertz CT molecular complexity index is 978. The van der Waals surface area contributed by atoms with E-state index >= 15 is 0 Å². The molecular weight excluding hydrogens is 394 g/mol. The number of hydrogen-bond acceptors (Lipinski definition) is 4. The Labute approximate surface area is 182 Å². The van der Waals surface area contributed by atoms with Crippen molar-refractivity contribution in [1.82, 2.24) is 10.2 Å². The maximum absolute atomic E-state index is 13.2. The van der Waals surface area contributed by atoms with Crippen LogP contribution in [0.15, 0.2) is 42.5 Å². The quantitative estimate of drug-likeness (QED) is 0.666. The predicted octanol–water partition coefficient (Wildman–Crippen LogP) is 1.85. The zero-order valence-corrected chi connectivity index (χ0v) is 18.4. The first kappa shape index (κ1) is 21.2. The van der Waals surface area contributed by atoms with Crippen LogP contribution >= 0.6 is 0 Å². The average Bonchev–Trinajstić information content (AvgIpc) is 2.99. The summed E-state index contributed by atoms with van der Waals surface area (Å²) in [6.45, 7) is 8.73. The number of urea groups is 1. The van der Waals surface area contributed by atoms with Gasteiger partial charge in [-0.15, -0.1) is 0 Å². The summed E-state index contributed by atoms with van der Waals surface area (Å²) in [5.41, 5.74) is 2.17. The average molecular weight is 425 g/mol. The van der Waals surface area contributed by atoms with Crippen LogP contribution in [0.3, 0.4) is 0 Å². The molecular formula is C24H30N3O4+. The molecule has 0 bridgehead atoms. The van der Waals surface area contributed by atoms with Gasteiger partial charge >= 0.3 is 6.03 Å². The highest BCUT2D eigenvalue weighted by molar-refractivity contribution is 6.07. The first-order valence-electron chi connectivity index (χ1n) is 10.9. The molecule has 2 aliphatic rings. The number of quaternary nitrogens is 1. The fourth-order valence-electron chi connectivity index (χ4n) is 4.41. The van der Waals surface area contributed by atoms with Crippen molar-refractivity contribution in [1.29, 1.82) is 0 Å². The minimum atomic E-state index is -1.03. The second-order valence-corrected chi connectivity index (χ2v) is 8.17. The molecule has 0 saturated carbocycles. The van der Waals surface area contributed by atoms with Gasteiger partial charge in [-0.3, -0.25) is 4.79 Å². The van der Waals surface area contributed by atoms with E-state index in [1.54, 1.807) is 6.92 Å². The summed E-state index contributed by atoms with van der Waals surface area (Å²) in [6, 6.07) is 13.2. The van der Waals surface area contributed by atoms with Gasteiger partial charge < -0.3 is 19.7 Å². The van der Waals surface area contributed by atoms with E-state index in [2.05, 4.69) is 11.4 Å². The molecule has 0 spiro atoms. The maximum Gasteiger partial charge on any atom is 0.329 e. The number of benzene rings is 2. The van der Waals surface area contributed by atoms with Gasteiger partial charge in [0.25, 0.3) is 5.91 Å². The van der Waals surface area contributed by atoms with E-state index in [-0.39, 0.29) is 11.9 Å². The van der Waals surface area contributed by atoms with Gasteiger partial charge in [0.2, 0.25) is 0 Å². The number of imide groups is 1. The molecule has 3 amide bonds.